The molecule has 0 radical (unpaired) electrons. The summed E-state index contributed by atoms with van der Waals surface area (Å²) in [7, 11) is 0. The van der Waals surface area contributed by atoms with Gasteiger partial charge in [0.05, 0.1) is 6.04 Å². The molecular formula is C7H17N3O. The van der Waals surface area contributed by atoms with Crippen molar-refractivity contribution in [3.63, 3.8) is 0 Å². The lowest BCUT2D eigenvalue weighted by Gasteiger charge is -2.22. The van der Waals surface area contributed by atoms with E-state index < -0.39 is 6.04 Å². The monoisotopic (exact) mass is 159 g/mol. The fourth-order valence-corrected chi connectivity index (χ4v) is 0.569. The van der Waals surface area contributed by atoms with Gasteiger partial charge in [0, 0.05) is 12.1 Å². The molecule has 0 rings (SSSR count). The van der Waals surface area contributed by atoms with Crippen molar-refractivity contribution < 1.29 is 4.79 Å². The Kier molecular flexibility index (Phi) is 3.48. The fourth-order valence-electron chi connectivity index (χ4n) is 0.569. The highest BCUT2D eigenvalue weighted by molar-refractivity contribution is 5.82. The number of nitrogens with two attached hydrogens (primary N) is 2. The van der Waals surface area contributed by atoms with Gasteiger partial charge < -0.3 is 16.8 Å². The third-order valence-corrected chi connectivity index (χ3v) is 1.09. The van der Waals surface area contributed by atoms with E-state index in [1.165, 1.54) is 0 Å². The lowest BCUT2D eigenvalue weighted by molar-refractivity contribution is -0.123. The van der Waals surface area contributed by atoms with Crippen LogP contribution in [0.5, 0.6) is 0 Å². The van der Waals surface area contributed by atoms with E-state index in [0.717, 1.165) is 0 Å². The van der Waals surface area contributed by atoms with Gasteiger partial charge in [0.2, 0.25) is 5.91 Å². The summed E-state index contributed by atoms with van der Waals surface area (Å²) in [6.07, 6.45) is 0. The minimum Gasteiger partial charge on any atom is -0.350 e. The predicted molar refractivity (Wildman–Crippen MR) is 44.9 cm³/mol. The Morgan fingerprint density at radius 2 is 2.00 bits per heavy atom. The molecule has 4 heteroatoms. The smallest absolute Gasteiger partial charge is 0.238 e. The Bertz CT molecular complexity index is 139. The minimum atomic E-state index is -0.589. The van der Waals surface area contributed by atoms with Gasteiger partial charge in [-0.1, -0.05) is 0 Å². The number of rotatable bonds is 2. The molecule has 0 saturated heterocycles. The summed E-state index contributed by atoms with van der Waals surface area (Å²) < 4.78 is 0. The molecule has 0 bridgehead atoms. The van der Waals surface area contributed by atoms with Crippen LogP contribution < -0.4 is 16.8 Å². The zero-order valence-corrected chi connectivity index (χ0v) is 7.35. The molecule has 1 amide bonds. The number of carbonyl (C=O) groups excluding carboxylic acids is 1. The van der Waals surface area contributed by atoms with Crippen LogP contribution in [0.3, 0.4) is 0 Å². The minimum absolute atomic E-state index is 0.182. The molecule has 0 spiro atoms. The van der Waals surface area contributed by atoms with Gasteiger partial charge in [0.15, 0.2) is 0 Å². The van der Waals surface area contributed by atoms with E-state index in [0.29, 0.717) is 0 Å². The van der Waals surface area contributed by atoms with Crippen LogP contribution in [0, 0.1) is 0 Å². The van der Waals surface area contributed by atoms with Crippen LogP contribution in [0.1, 0.15) is 20.8 Å². The topological polar surface area (TPSA) is 81.1 Å². The van der Waals surface area contributed by atoms with Gasteiger partial charge in [0.25, 0.3) is 0 Å². The first kappa shape index (κ1) is 10.4. The van der Waals surface area contributed by atoms with Crippen molar-refractivity contribution in [2.24, 2.45) is 11.5 Å². The molecular weight excluding hydrogens is 142 g/mol. The van der Waals surface area contributed by atoms with Crippen LogP contribution in [0.4, 0.5) is 0 Å². The number of amides is 1. The molecule has 0 aliphatic heterocycles. The Labute approximate surface area is 67.3 Å². The van der Waals surface area contributed by atoms with Gasteiger partial charge >= 0.3 is 0 Å². The summed E-state index contributed by atoms with van der Waals surface area (Å²) in [5.74, 6) is -0.194. The summed E-state index contributed by atoms with van der Waals surface area (Å²) in [5, 5.41) is 2.73. The van der Waals surface area contributed by atoms with Crippen LogP contribution in [0.15, 0.2) is 0 Å². The molecule has 0 aliphatic rings. The Hall–Kier alpha value is -0.610. The van der Waals surface area contributed by atoms with Crippen molar-refractivity contribution in [2.45, 2.75) is 32.4 Å². The van der Waals surface area contributed by atoms with Gasteiger partial charge in [-0.3, -0.25) is 4.79 Å². The number of hydrogen-bond acceptors (Lipinski definition) is 3. The molecule has 0 heterocycles. The molecule has 66 valence electrons. The van der Waals surface area contributed by atoms with Crippen LogP contribution in [0.25, 0.3) is 0 Å². The second kappa shape index (κ2) is 3.69. The van der Waals surface area contributed by atoms with Gasteiger partial charge in [0.1, 0.15) is 0 Å². The lowest BCUT2D eigenvalue weighted by atomic mass is 10.1. The van der Waals surface area contributed by atoms with Gasteiger partial charge in [-0.2, -0.15) is 0 Å². The number of hydrogen-bond donors (Lipinski definition) is 3. The fraction of sp³-hybridized carbons (Fsp3) is 0.857. The van der Waals surface area contributed by atoms with Crippen LogP contribution >= 0.6 is 0 Å². The maximum atomic E-state index is 11.1. The molecule has 0 aromatic rings. The highest BCUT2D eigenvalue weighted by Gasteiger charge is 2.17. The highest BCUT2D eigenvalue weighted by Crippen LogP contribution is 1.98. The first-order chi connectivity index (χ1) is 4.87. The van der Waals surface area contributed by atoms with Crippen molar-refractivity contribution in [1.82, 2.24) is 5.32 Å². The largest absolute Gasteiger partial charge is 0.350 e. The van der Waals surface area contributed by atoms with E-state index in [9.17, 15) is 4.79 Å². The van der Waals surface area contributed by atoms with E-state index in [-0.39, 0.29) is 18.0 Å². The van der Waals surface area contributed by atoms with Crippen LogP contribution in [0.2, 0.25) is 0 Å². The van der Waals surface area contributed by atoms with Crippen molar-refractivity contribution in [3.05, 3.63) is 0 Å². The Morgan fingerprint density at radius 3 is 2.27 bits per heavy atom. The average molecular weight is 159 g/mol. The number of nitrogens with one attached hydrogen (secondary N) is 1. The first-order valence-electron chi connectivity index (χ1n) is 3.64. The molecule has 1 unspecified atom stereocenters. The molecule has 0 saturated carbocycles. The van der Waals surface area contributed by atoms with E-state index >= 15 is 0 Å². The zero-order chi connectivity index (χ0) is 9.07. The van der Waals surface area contributed by atoms with Gasteiger partial charge in [-0.05, 0) is 20.8 Å². The molecule has 0 aromatic carbocycles. The Morgan fingerprint density at radius 1 is 1.55 bits per heavy atom. The Balaban J connectivity index is 3.88. The third-order valence-electron chi connectivity index (χ3n) is 1.09. The standard InChI is InChI=1S/C7H17N3O/c1-7(2,3)10-6(11)5(9)4-8/h5H,4,8-9H2,1-3H3,(H,10,11). The van der Waals surface area contributed by atoms with Crippen LogP contribution in [-0.4, -0.2) is 24.0 Å². The van der Waals surface area contributed by atoms with E-state index in [2.05, 4.69) is 5.32 Å². The summed E-state index contributed by atoms with van der Waals surface area (Å²) in [6, 6.07) is -0.589. The maximum Gasteiger partial charge on any atom is 0.238 e. The second-order valence-electron chi connectivity index (χ2n) is 3.58. The summed E-state index contributed by atoms with van der Waals surface area (Å²) in [4.78, 5) is 11.1. The van der Waals surface area contributed by atoms with Crippen molar-refractivity contribution in [2.75, 3.05) is 6.54 Å². The summed E-state index contributed by atoms with van der Waals surface area (Å²) >= 11 is 0. The van der Waals surface area contributed by atoms with Gasteiger partial charge in [-0.25, -0.2) is 0 Å². The van der Waals surface area contributed by atoms with Crippen LogP contribution in [-0.2, 0) is 4.79 Å². The molecule has 11 heavy (non-hydrogen) atoms. The van der Waals surface area contributed by atoms with Crippen molar-refractivity contribution >= 4 is 5.91 Å². The molecule has 1 atom stereocenters. The molecule has 5 N–H and O–H groups in total. The lowest BCUT2D eigenvalue weighted by Crippen LogP contribution is -2.51. The molecule has 0 aliphatic carbocycles. The SMILES string of the molecule is CC(C)(C)NC(=O)C(N)CN. The summed E-state index contributed by atoms with van der Waals surface area (Å²) in [5.41, 5.74) is 10.4. The second-order valence-corrected chi connectivity index (χ2v) is 3.58. The summed E-state index contributed by atoms with van der Waals surface area (Å²) in [6.45, 7) is 5.87. The third kappa shape index (κ3) is 4.75. The quantitative estimate of drug-likeness (QED) is 0.493. The first-order valence-corrected chi connectivity index (χ1v) is 3.64. The zero-order valence-electron chi connectivity index (χ0n) is 7.35. The molecule has 0 fully saturated rings. The van der Waals surface area contributed by atoms with E-state index in [1.807, 2.05) is 20.8 Å². The highest BCUT2D eigenvalue weighted by atomic mass is 16.2. The molecule has 4 nitrogen and oxygen atoms in total. The van der Waals surface area contributed by atoms with E-state index in [1.54, 1.807) is 0 Å². The van der Waals surface area contributed by atoms with Crippen molar-refractivity contribution in [1.29, 1.82) is 0 Å². The molecule has 0 aromatic heterocycles. The normalized spacial score (nSPS) is 14.3. The van der Waals surface area contributed by atoms with Gasteiger partial charge in [-0.15, -0.1) is 0 Å². The maximum absolute atomic E-state index is 11.1. The predicted octanol–water partition coefficient (Wildman–Crippen LogP) is -0.813. The average Bonchev–Trinajstić information content (AvgIpc) is 1.82. The van der Waals surface area contributed by atoms with Crippen molar-refractivity contribution in [3.8, 4) is 0 Å². The van der Waals surface area contributed by atoms with E-state index in [4.69, 9.17) is 11.5 Å². The number of carbonyl (C=O) groups is 1.